The van der Waals surface area contributed by atoms with Gasteiger partial charge in [0, 0.05) is 24.9 Å². The fraction of sp³-hybridized carbons (Fsp3) is 0.640. The third-order valence-corrected chi connectivity index (χ3v) is 6.91. The van der Waals surface area contributed by atoms with Crippen LogP contribution in [0.2, 0.25) is 0 Å². The lowest BCUT2D eigenvalue weighted by molar-refractivity contribution is -0.134. The molecule has 1 aromatic heterocycles. The number of hydrogen-bond acceptors (Lipinski definition) is 5. The molecule has 1 aliphatic rings. The van der Waals surface area contributed by atoms with Crippen LogP contribution in [0.4, 0.5) is 5.69 Å². The van der Waals surface area contributed by atoms with Crippen molar-refractivity contribution in [3.63, 3.8) is 0 Å². The van der Waals surface area contributed by atoms with Gasteiger partial charge in [0.1, 0.15) is 10.9 Å². The molecule has 1 saturated carbocycles. The lowest BCUT2D eigenvalue weighted by Gasteiger charge is -2.35. The number of aliphatic hydroxyl groups is 1. The predicted molar refractivity (Wildman–Crippen MR) is 130 cm³/mol. The first kappa shape index (κ1) is 26.9. The molecule has 1 fully saturated rings. The van der Waals surface area contributed by atoms with E-state index in [1.807, 2.05) is 20.8 Å². The first-order valence-corrected chi connectivity index (χ1v) is 12.3. The van der Waals surface area contributed by atoms with Gasteiger partial charge in [0.25, 0.3) is 0 Å². The van der Waals surface area contributed by atoms with Gasteiger partial charge in [0.05, 0.1) is 17.2 Å². The van der Waals surface area contributed by atoms with Crippen molar-refractivity contribution in [2.24, 2.45) is 17.3 Å². The first-order valence-electron chi connectivity index (χ1n) is 11.4. The maximum Gasteiger partial charge on any atom is 0.348 e. The van der Waals surface area contributed by atoms with Gasteiger partial charge in [-0.05, 0) is 65.4 Å². The average Bonchev–Trinajstić information content (AvgIpc) is 3.16. The summed E-state index contributed by atoms with van der Waals surface area (Å²) >= 11 is 1.02. The quantitative estimate of drug-likeness (QED) is 0.583. The van der Waals surface area contributed by atoms with E-state index >= 15 is 0 Å². The Labute approximate surface area is 200 Å². The van der Waals surface area contributed by atoms with E-state index in [0.717, 1.165) is 24.2 Å². The molecule has 2 N–H and O–H groups in total. The van der Waals surface area contributed by atoms with Gasteiger partial charge in [-0.2, -0.15) is 0 Å². The molecule has 0 aliphatic heterocycles. The molecule has 2 amide bonds. The van der Waals surface area contributed by atoms with Crippen LogP contribution in [0.15, 0.2) is 6.07 Å². The first-order chi connectivity index (χ1) is 15.4. The minimum Gasteiger partial charge on any atom is -0.477 e. The molecule has 0 radical (unpaired) electrons. The second kappa shape index (κ2) is 11.2. The van der Waals surface area contributed by atoms with Gasteiger partial charge >= 0.3 is 5.97 Å². The van der Waals surface area contributed by atoms with E-state index in [4.69, 9.17) is 0 Å². The number of carboxylic acid groups (broad SMARTS) is 1. The van der Waals surface area contributed by atoms with Crippen LogP contribution in [0, 0.1) is 29.1 Å². The van der Waals surface area contributed by atoms with Crippen LogP contribution in [-0.4, -0.2) is 59.1 Å². The maximum atomic E-state index is 13.7. The summed E-state index contributed by atoms with van der Waals surface area (Å²) in [5.41, 5.74) is -0.0504. The van der Waals surface area contributed by atoms with Crippen molar-refractivity contribution >= 4 is 34.8 Å². The Bertz CT molecular complexity index is 929. The van der Waals surface area contributed by atoms with E-state index in [1.54, 1.807) is 20.0 Å². The summed E-state index contributed by atoms with van der Waals surface area (Å²) in [6.45, 7) is 9.59. The summed E-state index contributed by atoms with van der Waals surface area (Å²) in [5.74, 6) is 4.68. The third kappa shape index (κ3) is 7.05. The largest absolute Gasteiger partial charge is 0.477 e. The summed E-state index contributed by atoms with van der Waals surface area (Å²) in [7, 11) is 1.56. The highest BCUT2D eigenvalue weighted by Gasteiger charge is 2.37. The van der Waals surface area contributed by atoms with Crippen molar-refractivity contribution in [3.05, 3.63) is 15.8 Å². The van der Waals surface area contributed by atoms with Gasteiger partial charge < -0.3 is 15.1 Å². The highest BCUT2D eigenvalue weighted by molar-refractivity contribution is 7.15. The Kier molecular flexibility index (Phi) is 9.10. The Balaban J connectivity index is 2.55. The zero-order valence-electron chi connectivity index (χ0n) is 20.5. The van der Waals surface area contributed by atoms with Crippen LogP contribution in [-0.2, 0) is 9.59 Å². The molecule has 33 heavy (non-hydrogen) atoms. The second-order valence-electron chi connectivity index (χ2n) is 9.95. The number of carboxylic acids is 1. The summed E-state index contributed by atoms with van der Waals surface area (Å²) in [6, 6.07) is 0.705. The lowest BCUT2D eigenvalue weighted by Crippen LogP contribution is -2.51. The number of rotatable bonds is 7. The van der Waals surface area contributed by atoms with Gasteiger partial charge in [0.15, 0.2) is 0 Å². The van der Waals surface area contributed by atoms with Gasteiger partial charge in [-0.1, -0.05) is 18.8 Å². The van der Waals surface area contributed by atoms with E-state index in [2.05, 4.69) is 18.8 Å². The number of aromatic carboxylic acids is 1. The molecule has 0 unspecified atom stereocenters. The number of hydrogen-bond donors (Lipinski definition) is 2. The van der Waals surface area contributed by atoms with Crippen molar-refractivity contribution in [1.82, 2.24) is 4.90 Å². The zero-order chi connectivity index (χ0) is 24.9. The minimum atomic E-state index is -1.16. The molecule has 0 spiro atoms. The third-order valence-electron chi connectivity index (χ3n) is 5.89. The second-order valence-corrected chi connectivity index (χ2v) is 11.0. The number of anilines is 1. The number of aliphatic hydroxyl groups excluding tert-OH is 1. The monoisotopic (exact) mass is 476 g/mol. The standard InChI is InChI=1S/C25H36N2O5S/c1-16-7-9-18(10-8-16)23(30)27(17(2)22(29)26(6)13-14-28)20-15-19(11-12-25(3,4)5)33-21(20)24(31)32/h15-18,28H,7-10,13-14H2,1-6H3,(H,31,32)/t16-,17-,18-/m0/s1. The van der Waals surface area contributed by atoms with Crippen molar-refractivity contribution in [3.8, 4) is 11.8 Å². The number of carbonyl (C=O) groups is 3. The normalized spacial score (nSPS) is 19.2. The topological polar surface area (TPSA) is 98.2 Å². The molecule has 1 aromatic rings. The fourth-order valence-corrected chi connectivity index (χ4v) is 4.78. The van der Waals surface area contributed by atoms with Gasteiger partial charge in [-0.3, -0.25) is 14.5 Å². The van der Waals surface area contributed by atoms with Gasteiger partial charge in [-0.25, -0.2) is 4.79 Å². The Morgan fingerprint density at radius 1 is 1.21 bits per heavy atom. The van der Waals surface area contributed by atoms with E-state index in [-0.39, 0.29) is 46.9 Å². The summed E-state index contributed by atoms with van der Waals surface area (Å²) < 4.78 is 0. The number of thiophene rings is 1. The number of carbonyl (C=O) groups excluding carboxylic acids is 2. The lowest BCUT2D eigenvalue weighted by atomic mass is 9.82. The number of nitrogens with zero attached hydrogens (tertiary/aromatic N) is 2. The van der Waals surface area contributed by atoms with Crippen LogP contribution < -0.4 is 4.90 Å². The summed E-state index contributed by atoms with van der Waals surface area (Å²) in [6.07, 6.45) is 3.28. The SMILES string of the molecule is C[C@@H](C(=O)N(C)CCO)N(c1cc(C#CC(C)(C)C)sc1C(=O)O)C(=O)[C@H]1CC[C@H](C)CC1. The van der Waals surface area contributed by atoms with Crippen LogP contribution in [0.3, 0.4) is 0 Å². The van der Waals surface area contributed by atoms with E-state index in [0.29, 0.717) is 23.6 Å². The molecule has 7 nitrogen and oxygen atoms in total. The Hall–Kier alpha value is -2.37. The minimum absolute atomic E-state index is 0.00445. The van der Waals surface area contributed by atoms with Crippen LogP contribution in [0.1, 0.15) is 74.9 Å². The Morgan fingerprint density at radius 2 is 1.82 bits per heavy atom. The van der Waals surface area contributed by atoms with E-state index in [1.165, 1.54) is 9.80 Å². The molecule has 0 saturated heterocycles. The van der Waals surface area contributed by atoms with Gasteiger partial charge in [0.2, 0.25) is 11.8 Å². The van der Waals surface area contributed by atoms with Crippen molar-refractivity contribution in [2.45, 2.75) is 66.3 Å². The van der Waals surface area contributed by atoms with E-state index < -0.39 is 12.0 Å². The Morgan fingerprint density at radius 3 is 2.33 bits per heavy atom. The predicted octanol–water partition coefficient (Wildman–Crippen LogP) is 3.84. The molecule has 1 heterocycles. The van der Waals surface area contributed by atoms with Crippen LogP contribution >= 0.6 is 11.3 Å². The number of amides is 2. The maximum absolute atomic E-state index is 13.7. The highest BCUT2D eigenvalue weighted by atomic mass is 32.1. The van der Waals surface area contributed by atoms with Gasteiger partial charge in [-0.15, -0.1) is 11.3 Å². The van der Waals surface area contributed by atoms with E-state index in [9.17, 15) is 24.6 Å². The molecular weight excluding hydrogens is 440 g/mol. The molecule has 1 atom stereocenters. The average molecular weight is 477 g/mol. The molecule has 0 aromatic carbocycles. The molecule has 0 bridgehead atoms. The summed E-state index contributed by atoms with van der Waals surface area (Å²) in [5, 5.41) is 19.1. The van der Waals surface area contributed by atoms with Crippen molar-refractivity contribution in [2.75, 3.05) is 25.1 Å². The highest BCUT2D eigenvalue weighted by Crippen LogP contribution is 2.36. The van der Waals surface area contributed by atoms with Crippen molar-refractivity contribution in [1.29, 1.82) is 0 Å². The molecule has 2 rings (SSSR count). The zero-order valence-corrected chi connectivity index (χ0v) is 21.3. The number of likely N-dealkylation sites (N-methyl/N-ethyl adjacent to an activating group) is 1. The van der Waals surface area contributed by atoms with Crippen LogP contribution in [0.25, 0.3) is 0 Å². The molecular formula is C25H36N2O5S. The molecule has 8 heteroatoms. The molecule has 182 valence electrons. The fourth-order valence-electron chi connectivity index (χ4n) is 3.94. The van der Waals surface area contributed by atoms with Crippen molar-refractivity contribution < 1.29 is 24.6 Å². The summed E-state index contributed by atoms with van der Waals surface area (Å²) in [4.78, 5) is 42.2. The molecule has 1 aliphatic carbocycles. The van der Waals surface area contributed by atoms with Crippen LogP contribution in [0.5, 0.6) is 0 Å². The smallest absolute Gasteiger partial charge is 0.348 e.